The Morgan fingerprint density at radius 2 is 1.29 bits per heavy atom. The van der Waals surface area contributed by atoms with Crippen molar-refractivity contribution in [1.29, 1.82) is 0 Å². The van der Waals surface area contributed by atoms with Crippen LogP contribution in [-0.4, -0.2) is 4.98 Å². The van der Waals surface area contributed by atoms with E-state index < -0.39 is 0 Å². The Balaban J connectivity index is 1.49. The molecule has 2 aromatic heterocycles. The van der Waals surface area contributed by atoms with Crippen molar-refractivity contribution in [3.8, 4) is 33.5 Å². The molecule has 0 unspecified atom stereocenters. The maximum absolute atomic E-state index is 15.4. The third-order valence-corrected chi connectivity index (χ3v) is 7.42. The van der Waals surface area contributed by atoms with E-state index >= 15 is 4.39 Å². The van der Waals surface area contributed by atoms with E-state index in [1.165, 1.54) is 11.6 Å². The Morgan fingerprint density at radius 3 is 1.92 bits per heavy atom. The van der Waals surface area contributed by atoms with Gasteiger partial charge in [-0.05, 0) is 52.3 Å². The van der Waals surface area contributed by atoms with Gasteiger partial charge in [0.1, 0.15) is 28.9 Å². The van der Waals surface area contributed by atoms with Gasteiger partial charge in [-0.1, -0.05) is 86.4 Å². The highest BCUT2D eigenvalue weighted by Crippen LogP contribution is 2.41. The third kappa shape index (κ3) is 3.97. The monoisotopic (exact) mass is 501 g/mol. The molecule has 38 heavy (non-hydrogen) atoms. The minimum Gasteiger partial charge on any atom is -0.454 e. The third-order valence-electron chi connectivity index (χ3n) is 7.42. The first-order valence-electron chi connectivity index (χ1n) is 12.9. The molecule has 0 aliphatic heterocycles. The SMILES string of the molecule is Cc1ccc2c(oc3c(-c4ccc(-c5ccc(C(C)(C)C)cc5)cc4)c(F)ccc32)c1-c1ccnc[n+]1C. The average molecular weight is 502 g/mol. The lowest BCUT2D eigenvalue weighted by Crippen LogP contribution is -2.31. The average Bonchev–Trinajstić information content (AvgIpc) is 3.27. The molecule has 0 spiro atoms. The molecule has 0 saturated heterocycles. The van der Waals surface area contributed by atoms with Crippen LogP contribution in [0, 0.1) is 12.7 Å². The van der Waals surface area contributed by atoms with Gasteiger partial charge in [-0.3, -0.25) is 0 Å². The molecule has 0 fully saturated rings. The molecule has 0 bridgehead atoms. The molecule has 4 aromatic carbocycles. The van der Waals surface area contributed by atoms with Crippen LogP contribution in [0.2, 0.25) is 0 Å². The van der Waals surface area contributed by atoms with Gasteiger partial charge in [0.2, 0.25) is 0 Å². The van der Waals surface area contributed by atoms with Crippen LogP contribution in [0.1, 0.15) is 31.9 Å². The van der Waals surface area contributed by atoms with Crippen LogP contribution in [0.5, 0.6) is 0 Å². The fourth-order valence-electron chi connectivity index (χ4n) is 5.25. The van der Waals surface area contributed by atoms with E-state index in [9.17, 15) is 0 Å². The van der Waals surface area contributed by atoms with Crippen molar-refractivity contribution >= 4 is 21.9 Å². The number of hydrogen-bond acceptors (Lipinski definition) is 2. The number of benzene rings is 4. The number of rotatable bonds is 3. The molecule has 0 atom stereocenters. The highest BCUT2D eigenvalue weighted by molar-refractivity contribution is 6.13. The highest BCUT2D eigenvalue weighted by atomic mass is 19.1. The van der Waals surface area contributed by atoms with Crippen molar-refractivity contribution in [2.45, 2.75) is 33.1 Å². The highest BCUT2D eigenvalue weighted by Gasteiger charge is 2.22. The summed E-state index contributed by atoms with van der Waals surface area (Å²) in [7, 11) is 1.96. The normalized spacial score (nSPS) is 11.9. The van der Waals surface area contributed by atoms with Gasteiger partial charge in [-0.25, -0.2) is 8.96 Å². The summed E-state index contributed by atoms with van der Waals surface area (Å²) in [6.07, 6.45) is 3.55. The zero-order valence-electron chi connectivity index (χ0n) is 22.3. The summed E-state index contributed by atoms with van der Waals surface area (Å²) in [6.45, 7) is 8.71. The van der Waals surface area contributed by atoms with Crippen molar-refractivity contribution in [3.63, 3.8) is 0 Å². The molecule has 188 valence electrons. The van der Waals surface area contributed by atoms with Crippen molar-refractivity contribution in [1.82, 2.24) is 4.98 Å². The van der Waals surface area contributed by atoms with Crippen molar-refractivity contribution in [2.24, 2.45) is 7.05 Å². The quantitative estimate of drug-likeness (QED) is 0.227. The van der Waals surface area contributed by atoms with Gasteiger partial charge in [-0.15, -0.1) is 0 Å². The van der Waals surface area contributed by atoms with Crippen molar-refractivity contribution < 1.29 is 13.4 Å². The summed E-state index contributed by atoms with van der Waals surface area (Å²) < 4.78 is 23.9. The lowest BCUT2D eigenvalue weighted by molar-refractivity contribution is -0.663. The Bertz CT molecular complexity index is 1810. The van der Waals surface area contributed by atoms with Gasteiger partial charge < -0.3 is 4.42 Å². The van der Waals surface area contributed by atoms with Crippen LogP contribution in [-0.2, 0) is 12.5 Å². The second kappa shape index (κ2) is 8.91. The molecule has 6 rings (SSSR count). The predicted octanol–water partition coefficient (Wildman–Crippen LogP) is 8.55. The molecule has 6 aromatic rings. The van der Waals surface area contributed by atoms with E-state index in [1.54, 1.807) is 12.5 Å². The second-order valence-electron chi connectivity index (χ2n) is 11.0. The Labute approximate surface area is 222 Å². The summed E-state index contributed by atoms with van der Waals surface area (Å²) >= 11 is 0. The van der Waals surface area contributed by atoms with Crippen molar-refractivity contribution in [3.05, 3.63) is 108 Å². The van der Waals surface area contributed by atoms with Crippen molar-refractivity contribution in [2.75, 3.05) is 0 Å². The lowest BCUT2D eigenvalue weighted by Gasteiger charge is -2.19. The van der Waals surface area contributed by atoms with Crippen LogP contribution >= 0.6 is 0 Å². The van der Waals surface area contributed by atoms with E-state index in [4.69, 9.17) is 4.42 Å². The zero-order valence-corrected chi connectivity index (χ0v) is 22.3. The first-order valence-corrected chi connectivity index (χ1v) is 12.9. The summed E-state index contributed by atoms with van der Waals surface area (Å²) in [5.41, 5.74) is 9.29. The Morgan fingerprint density at radius 1 is 0.711 bits per heavy atom. The molecule has 0 aliphatic carbocycles. The number of fused-ring (bicyclic) bond motifs is 3. The van der Waals surface area contributed by atoms with Crippen LogP contribution in [0.25, 0.3) is 55.4 Å². The Hall–Kier alpha value is -4.31. The molecule has 0 amide bonds. The van der Waals surface area contributed by atoms with Gasteiger partial charge in [0.15, 0.2) is 0 Å². The first kappa shape index (κ1) is 24.1. The molecule has 0 saturated carbocycles. The molecular weight excluding hydrogens is 471 g/mol. The number of furan rings is 1. The van der Waals surface area contributed by atoms with Gasteiger partial charge in [0, 0.05) is 16.8 Å². The molecule has 3 nitrogen and oxygen atoms in total. The minimum absolute atomic E-state index is 0.109. The molecule has 2 heterocycles. The molecule has 4 heteroatoms. The fraction of sp³-hybridized carbons (Fsp3) is 0.176. The number of aryl methyl sites for hydroxylation is 2. The number of aromatic nitrogens is 2. The summed E-state index contributed by atoms with van der Waals surface area (Å²) in [5.74, 6) is -0.299. The zero-order chi connectivity index (χ0) is 26.6. The molecular formula is C34H30FN2O+. The summed E-state index contributed by atoms with van der Waals surface area (Å²) in [5, 5.41) is 1.87. The maximum atomic E-state index is 15.4. The lowest BCUT2D eigenvalue weighted by atomic mass is 9.86. The summed E-state index contributed by atoms with van der Waals surface area (Å²) in [6, 6.07) is 26.2. The van der Waals surface area contributed by atoms with Crippen LogP contribution in [0.4, 0.5) is 4.39 Å². The standard InChI is InChI=1S/C34H30FN2O/c1-21-6-15-26-27-16-17-28(35)31(33(27)38-32(26)30(21)29-18-19-36-20-37(29)5)24-9-7-22(8-10-24)23-11-13-25(14-12-23)34(2,3)4/h6-20H,1-5H3/q+1. The van der Waals surface area contributed by atoms with E-state index in [0.29, 0.717) is 11.1 Å². The number of nitrogens with zero attached hydrogens (tertiary/aromatic N) is 2. The van der Waals surface area contributed by atoms with Gasteiger partial charge >= 0.3 is 0 Å². The Kier molecular flexibility index (Phi) is 5.64. The topological polar surface area (TPSA) is 29.9 Å². The number of hydrogen-bond donors (Lipinski definition) is 0. The van der Waals surface area contributed by atoms with E-state index in [2.05, 4.69) is 81.2 Å². The van der Waals surface area contributed by atoms with Gasteiger partial charge in [0.25, 0.3) is 6.33 Å². The number of halogens is 1. The van der Waals surface area contributed by atoms with Crippen LogP contribution in [0.15, 0.2) is 95.8 Å². The predicted molar refractivity (Wildman–Crippen MR) is 152 cm³/mol. The smallest absolute Gasteiger partial charge is 0.286 e. The van der Waals surface area contributed by atoms with Gasteiger partial charge in [-0.2, -0.15) is 0 Å². The summed E-state index contributed by atoms with van der Waals surface area (Å²) in [4.78, 5) is 4.21. The first-order chi connectivity index (χ1) is 18.2. The van der Waals surface area contributed by atoms with E-state index in [1.807, 2.05) is 35.9 Å². The van der Waals surface area contributed by atoms with Crippen LogP contribution in [0.3, 0.4) is 0 Å². The van der Waals surface area contributed by atoms with E-state index in [0.717, 1.165) is 49.9 Å². The fourth-order valence-corrected chi connectivity index (χ4v) is 5.25. The maximum Gasteiger partial charge on any atom is 0.286 e. The molecule has 0 N–H and O–H groups in total. The molecule has 0 aliphatic rings. The molecule has 0 radical (unpaired) electrons. The second-order valence-corrected chi connectivity index (χ2v) is 11.0. The van der Waals surface area contributed by atoms with Crippen LogP contribution < -0.4 is 4.57 Å². The largest absolute Gasteiger partial charge is 0.454 e. The van der Waals surface area contributed by atoms with Gasteiger partial charge in [0.05, 0.1) is 18.2 Å². The minimum atomic E-state index is -0.299. The van der Waals surface area contributed by atoms with E-state index in [-0.39, 0.29) is 11.2 Å².